The summed E-state index contributed by atoms with van der Waals surface area (Å²) in [7, 11) is 0. The van der Waals surface area contributed by atoms with Gasteiger partial charge in [-0.15, -0.1) is 0 Å². The Hall–Kier alpha value is -4.76. The molecule has 0 aliphatic heterocycles. The number of pyridine rings is 2. The Labute approximate surface area is 220 Å². The predicted octanol–water partition coefficient (Wildman–Crippen LogP) is 5.75. The second-order valence-corrected chi connectivity index (χ2v) is 9.01. The average Bonchev–Trinajstić information content (AvgIpc) is 2.93. The number of nitrogens with one attached hydrogen (secondary N) is 1. The van der Waals surface area contributed by atoms with Crippen LogP contribution in [0.4, 0.5) is 10.2 Å². The molecule has 6 aromatic rings. The molecule has 0 aliphatic carbocycles. The lowest BCUT2D eigenvalue weighted by atomic mass is 9.99. The van der Waals surface area contributed by atoms with Crippen molar-refractivity contribution in [3.05, 3.63) is 112 Å². The van der Waals surface area contributed by atoms with E-state index in [9.17, 15) is 9.18 Å². The van der Waals surface area contributed by atoms with Crippen LogP contribution in [-0.2, 0) is 0 Å². The van der Waals surface area contributed by atoms with E-state index >= 15 is 0 Å². The van der Waals surface area contributed by atoms with Gasteiger partial charge in [0.05, 0.1) is 35.0 Å². The summed E-state index contributed by atoms with van der Waals surface area (Å²) in [4.78, 5) is 27.2. The molecule has 0 spiro atoms. The molecule has 38 heavy (non-hydrogen) atoms. The van der Waals surface area contributed by atoms with Crippen molar-refractivity contribution in [1.29, 1.82) is 0 Å². The van der Waals surface area contributed by atoms with Gasteiger partial charge in [0.25, 0.3) is 5.56 Å². The number of rotatable bonds is 5. The van der Waals surface area contributed by atoms with Crippen LogP contribution < -0.4 is 10.9 Å². The van der Waals surface area contributed by atoms with Gasteiger partial charge >= 0.3 is 0 Å². The third kappa shape index (κ3) is 4.22. The van der Waals surface area contributed by atoms with E-state index in [1.807, 2.05) is 31.2 Å². The molecule has 6 rings (SSSR count). The number of nitrogens with zero attached hydrogens (tertiary/aromatic N) is 6. The Balaban J connectivity index is 1.59. The third-order valence-corrected chi connectivity index (χ3v) is 6.43. The first-order valence-electron chi connectivity index (χ1n) is 11.8. The molecular weight excluding hydrogens is 505 g/mol. The van der Waals surface area contributed by atoms with Crippen molar-refractivity contribution in [2.45, 2.75) is 13.0 Å². The number of hydrogen-bond acceptors (Lipinski definition) is 7. The minimum atomic E-state index is -0.460. The second-order valence-electron chi connectivity index (χ2n) is 8.67. The fraction of sp³-hybridized carbons (Fsp3) is 0.0714. The van der Waals surface area contributed by atoms with Crippen molar-refractivity contribution >= 4 is 39.2 Å². The van der Waals surface area contributed by atoms with E-state index < -0.39 is 11.9 Å². The first-order valence-corrected chi connectivity index (χ1v) is 12.1. The van der Waals surface area contributed by atoms with E-state index in [1.54, 1.807) is 48.9 Å². The van der Waals surface area contributed by atoms with Crippen LogP contribution in [0.2, 0.25) is 5.28 Å². The van der Waals surface area contributed by atoms with E-state index in [0.29, 0.717) is 39.2 Å². The lowest BCUT2D eigenvalue weighted by Gasteiger charge is -2.22. The summed E-state index contributed by atoms with van der Waals surface area (Å²) in [5.74, 6) is -0.0338. The largest absolute Gasteiger partial charge is 0.360 e. The van der Waals surface area contributed by atoms with Crippen LogP contribution in [0.5, 0.6) is 0 Å². The number of hydrogen-bond donors (Lipinski definition) is 1. The highest BCUT2D eigenvalue weighted by molar-refractivity contribution is 6.28. The van der Waals surface area contributed by atoms with Crippen LogP contribution in [0.15, 0.2) is 90.1 Å². The Morgan fingerprint density at radius 3 is 2.66 bits per heavy atom. The number of halogens is 2. The van der Waals surface area contributed by atoms with Gasteiger partial charge < -0.3 is 5.32 Å². The monoisotopic (exact) mass is 523 g/mol. The Morgan fingerprint density at radius 1 is 0.974 bits per heavy atom. The molecule has 0 fully saturated rings. The lowest BCUT2D eigenvalue weighted by molar-refractivity contribution is 0.625. The Morgan fingerprint density at radius 2 is 1.84 bits per heavy atom. The average molecular weight is 524 g/mol. The molecule has 2 aromatic carbocycles. The van der Waals surface area contributed by atoms with Gasteiger partial charge in [-0.2, -0.15) is 15.2 Å². The Kier molecular flexibility index (Phi) is 5.97. The number of benzene rings is 2. The maximum absolute atomic E-state index is 14.4. The van der Waals surface area contributed by atoms with Gasteiger partial charge in [0, 0.05) is 17.5 Å². The van der Waals surface area contributed by atoms with E-state index in [2.05, 4.69) is 30.5 Å². The molecule has 4 heterocycles. The molecule has 0 amide bonds. The normalized spacial score (nSPS) is 12.1. The first kappa shape index (κ1) is 23.6. The Bertz CT molecular complexity index is 1880. The molecule has 0 saturated carbocycles. The minimum absolute atomic E-state index is 0.0665. The molecule has 1 N–H and O–H groups in total. The van der Waals surface area contributed by atoms with Crippen molar-refractivity contribution in [3.63, 3.8) is 0 Å². The first-order chi connectivity index (χ1) is 18.5. The van der Waals surface area contributed by atoms with Crippen LogP contribution in [0.25, 0.3) is 38.6 Å². The van der Waals surface area contributed by atoms with Gasteiger partial charge in [-0.3, -0.25) is 14.3 Å². The zero-order chi connectivity index (χ0) is 26.2. The summed E-state index contributed by atoms with van der Waals surface area (Å²) in [6.45, 7) is 1.89. The molecule has 0 bridgehead atoms. The summed E-state index contributed by atoms with van der Waals surface area (Å²) in [5, 5.41) is 12.4. The van der Waals surface area contributed by atoms with Crippen molar-refractivity contribution in [2.75, 3.05) is 5.32 Å². The maximum atomic E-state index is 14.4. The molecule has 0 aliphatic rings. The SMILES string of the molecule is CC(Nc1nc(Cl)nc2cccnc12)c1cc2cccc(-c3ccnnc3)c2c(=O)n1-c1cccc(F)c1. The molecule has 4 aromatic heterocycles. The third-order valence-electron chi connectivity index (χ3n) is 6.26. The van der Waals surface area contributed by atoms with Gasteiger partial charge in [-0.25, -0.2) is 9.37 Å². The molecule has 1 atom stereocenters. The summed E-state index contributed by atoms with van der Waals surface area (Å²) in [5.41, 5.74) is 3.27. The molecule has 1 unspecified atom stereocenters. The van der Waals surface area contributed by atoms with Crippen LogP contribution in [0, 0.1) is 5.82 Å². The van der Waals surface area contributed by atoms with E-state index in [-0.39, 0.29) is 10.8 Å². The molecular formula is C28H19ClFN7O. The highest BCUT2D eigenvalue weighted by Gasteiger charge is 2.20. The minimum Gasteiger partial charge on any atom is -0.360 e. The topological polar surface area (TPSA) is 98.5 Å². The van der Waals surface area contributed by atoms with Crippen molar-refractivity contribution in [3.8, 4) is 16.8 Å². The van der Waals surface area contributed by atoms with Gasteiger partial charge in [0.1, 0.15) is 11.3 Å². The van der Waals surface area contributed by atoms with Crippen LogP contribution in [0.1, 0.15) is 18.7 Å². The summed E-state index contributed by atoms with van der Waals surface area (Å²) in [6.07, 6.45) is 4.82. The molecule has 186 valence electrons. The summed E-state index contributed by atoms with van der Waals surface area (Å²) >= 11 is 6.18. The van der Waals surface area contributed by atoms with Crippen LogP contribution >= 0.6 is 11.6 Å². The highest BCUT2D eigenvalue weighted by atomic mass is 35.5. The molecule has 0 saturated heterocycles. The van der Waals surface area contributed by atoms with Gasteiger partial charge in [-0.1, -0.05) is 24.3 Å². The summed E-state index contributed by atoms with van der Waals surface area (Å²) < 4.78 is 15.9. The predicted molar refractivity (Wildman–Crippen MR) is 145 cm³/mol. The van der Waals surface area contributed by atoms with Crippen LogP contribution in [0.3, 0.4) is 0 Å². The maximum Gasteiger partial charge on any atom is 0.263 e. The number of anilines is 1. The van der Waals surface area contributed by atoms with Crippen molar-refractivity contribution in [2.24, 2.45) is 0 Å². The summed E-state index contributed by atoms with van der Waals surface area (Å²) in [6, 6.07) is 18.4. The van der Waals surface area contributed by atoms with Crippen molar-refractivity contribution in [1.82, 2.24) is 29.7 Å². The second kappa shape index (κ2) is 9.60. The molecule has 10 heteroatoms. The molecule has 0 radical (unpaired) electrons. The fourth-order valence-electron chi connectivity index (χ4n) is 4.59. The van der Waals surface area contributed by atoms with E-state index in [1.165, 1.54) is 16.7 Å². The van der Waals surface area contributed by atoms with Crippen LogP contribution in [-0.4, -0.2) is 29.7 Å². The van der Waals surface area contributed by atoms with Crippen molar-refractivity contribution < 1.29 is 4.39 Å². The zero-order valence-electron chi connectivity index (χ0n) is 20.0. The smallest absolute Gasteiger partial charge is 0.263 e. The fourth-order valence-corrected chi connectivity index (χ4v) is 4.77. The van der Waals surface area contributed by atoms with Gasteiger partial charge in [-0.05, 0) is 71.9 Å². The van der Waals surface area contributed by atoms with Gasteiger partial charge in [0.2, 0.25) is 5.28 Å². The highest BCUT2D eigenvalue weighted by Crippen LogP contribution is 2.30. The quantitative estimate of drug-likeness (QED) is 0.287. The zero-order valence-corrected chi connectivity index (χ0v) is 20.8. The standard InChI is InChI=1S/C28H19ClFN7O/c1-16(34-26-25-22(9-4-11-31-25)35-28(29)36-26)23-13-17-5-2-8-21(18-10-12-32-33-15-18)24(17)27(38)37(23)20-7-3-6-19(30)14-20/h2-16H,1H3,(H,34,35,36). The lowest BCUT2D eigenvalue weighted by Crippen LogP contribution is -2.26. The van der Waals surface area contributed by atoms with E-state index in [0.717, 1.165) is 10.9 Å². The van der Waals surface area contributed by atoms with E-state index in [4.69, 9.17) is 11.6 Å². The van der Waals surface area contributed by atoms with Gasteiger partial charge in [0.15, 0.2) is 5.82 Å². The number of fused-ring (bicyclic) bond motifs is 2. The number of aromatic nitrogens is 6. The molecule has 8 nitrogen and oxygen atoms in total.